The second-order valence-corrected chi connectivity index (χ2v) is 6.47. The zero-order chi connectivity index (χ0) is 18.0. The zero-order valence-corrected chi connectivity index (χ0v) is 15.3. The molecule has 1 atom stereocenters. The topological polar surface area (TPSA) is 81.8 Å². The van der Waals surface area contributed by atoms with Crippen molar-refractivity contribution in [3.05, 3.63) is 69.2 Å². The van der Waals surface area contributed by atoms with Crippen LogP contribution in [0.4, 0.5) is 5.69 Å². The average Bonchev–Trinajstić information content (AvgIpc) is 3.11. The second-order valence-electron chi connectivity index (χ2n) is 5.55. The highest BCUT2D eigenvalue weighted by molar-refractivity contribution is 9.10. The van der Waals surface area contributed by atoms with Crippen molar-refractivity contribution in [2.75, 3.05) is 5.32 Å². The van der Waals surface area contributed by atoms with Crippen LogP contribution in [0.5, 0.6) is 0 Å². The van der Waals surface area contributed by atoms with Crippen molar-refractivity contribution in [1.82, 2.24) is 19.6 Å². The van der Waals surface area contributed by atoms with Gasteiger partial charge in [0.2, 0.25) is 5.91 Å². The van der Waals surface area contributed by atoms with E-state index in [1.165, 1.54) is 10.7 Å². The number of hydrogen-bond donors (Lipinski definition) is 1. The normalized spacial score (nSPS) is 12.0. The number of carbonyl (C=O) groups excluding carboxylic acids is 1. The number of aromatic nitrogens is 4. The summed E-state index contributed by atoms with van der Waals surface area (Å²) >= 11 is 3.39. The van der Waals surface area contributed by atoms with Crippen molar-refractivity contribution in [2.24, 2.45) is 0 Å². The molecule has 1 aromatic carbocycles. The number of nitrogens with zero attached hydrogens (tertiary/aromatic N) is 4. The van der Waals surface area contributed by atoms with E-state index in [1.54, 1.807) is 37.5 Å². The summed E-state index contributed by atoms with van der Waals surface area (Å²) in [4.78, 5) is 24.7. The first-order valence-electron chi connectivity index (χ1n) is 7.62. The molecular weight excluding hydrogens is 386 g/mol. The van der Waals surface area contributed by atoms with E-state index in [0.717, 1.165) is 14.7 Å². The van der Waals surface area contributed by atoms with E-state index in [2.05, 4.69) is 31.4 Å². The maximum atomic E-state index is 12.6. The van der Waals surface area contributed by atoms with Crippen molar-refractivity contribution in [3.63, 3.8) is 0 Å². The van der Waals surface area contributed by atoms with E-state index in [1.807, 2.05) is 19.1 Å². The highest BCUT2D eigenvalue weighted by Crippen LogP contribution is 2.21. The Hall–Kier alpha value is -2.74. The largest absolute Gasteiger partial charge is 0.324 e. The molecule has 1 N–H and O–H groups in total. The summed E-state index contributed by atoms with van der Waals surface area (Å²) < 4.78 is 3.61. The lowest BCUT2D eigenvalue weighted by atomic mass is 10.2. The standard InChI is InChI=1S/C17H16BrN5O2/c1-11-10-13(18)4-5-14(11)20-17(25)12(2)23-16(24)7-6-15(21-23)22-9-3-8-19-22/h3-10,12H,1-2H3,(H,20,25). The van der Waals surface area contributed by atoms with Crippen molar-refractivity contribution in [2.45, 2.75) is 19.9 Å². The summed E-state index contributed by atoms with van der Waals surface area (Å²) in [5.41, 5.74) is 1.25. The van der Waals surface area contributed by atoms with Gasteiger partial charge in [-0.1, -0.05) is 15.9 Å². The van der Waals surface area contributed by atoms with Gasteiger partial charge in [0.25, 0.3) is 5.56 Å². The van der Waals surface area contributed by atoms with Gasteiger partial charge in [0.1, 0.15) is 6.04 Å². The molecule has 0 aliphatic rings. The molecule has 7 nitrogen and oxygen atoms in total. The number of anilines is 1. The molecule has 0 radical (unpaired) electrons. The Kier molecular flexibility index (Phi) is 4.80. The highest BCUT2D eigenvalue weighted by Gasteiger charge is 2.19. The molecule has 3 aromatic rings. The number of benzene rings is 1. The van der Waals surface area contributed by atoms with Crippen molar-refractivity contribution in [3.8, 4) is 5.82 Å². The van der Waals surface area contributed by atoms with Crippen LogP contribution in [0.2, 0.25) is 0 Å². The Labute approximate surface area is 152 Å². The van der Waals surface area contributed by atoms with Gasteiger partial charge >= 0.3 is 0 Å². The highest BCUT2D eigenvalue weighted by atomic mass is 79.9. The number of amides is 1. The lowest BCUT2D eigenvalue weighted by Gasteiger charge is -2.16. The SMILES string of the molecule is Cc1cc(Br)ccc1NC(=O)C(C)n1nc(-n2cccn2)ccc1=O. The van der Waals surface area contributed by atoms with Gasteiger partial charge in [0.15, 0.2) is 5.82 Å². The Morgan fingerprint density at radius 2 is 2.08 bits per heavy atom. The molecular formula is C17H16BrN5O2. The van der Waals surface area contributed by atoms with Crippen LogP contribution in [0.25, 0.3) is 5.82 Å². The second kappa shape index (κ2) is 7.02. The fourth-order valence-corrected chi connectivity index (χ4v) is 2.81. The number of aryl methyl sites for hydroxylation is 1. The lowest BCUT2D eigenvalue weighted by molar-refractivity contribution is -0.119. The number of hydrogen-bond acceptors (Lipinski definition) is 4. The molecule has 8 heteroatoms. The van der Waals surface area contributed by atoms with Gasteiger partial charge in [-0.15, -0.1) is 5.10 Å². The summed E-state index contributed by atoms with van der Waals surface area (Å²) in [5.74, 6) is 0.140. The van der Waals surface area contributed by atoms with Gasteiger partial charge in [-0.3, -0.25) is 9.59 Å². The van der Waals surface area contributed by atoms with Crippen LogP contribution in [-0.2, 0) is 4.79 Å². The van der Waals surface area contributed by atoms with E-state index in [0.29, 0.717) is 11.5 Å². The predicted molar refractivity (Wildman–Crippen MR) is 97.8 cm³/mol. The third-order valence-electron chi connectivity index (χ3n) is 3.74. The smallest absolute Gasteiger partial charge is 0.267 e. The first kappa shape index (κ1) is 17.1. The minimum Gasteiger partial charge on any atom is -0.324 e. The van der Waals surface area contributed by atoms with E-state index in [9.17, 15) is 9.59 Å². The molecule has 2 aromatic heterocycles. The van der Waals surface area contributed by atoms with Crippen LogP contribution in [-0.4, -0.2) is 25.5 Å². The molecule has 1 amide bonds. The molecule has 0 bridgehead atoms. The quantitative estimate of drug-likeness (QED) is 0.728. The molecule has 0 fully saturated rings. The first-order valence-corrected chi connectivity index (χ1v) is 8.42. The van der Waals surface area contributed by atoms with Crippen molar-refractivity contribution in [1.29, 1.82) is 0 Å². The first-order chi connectivity index (χ1) is 12.0. The Morgan fingerprint density at radius 1 is 1.28 bits per heavy atom. The molecule has 0 saturated heterocycles. The summed E-state index contributed by atoms with van der Waals surface area (Å²) in [6.45, 7) is 3.53. The fourth-order valence-electron chi connectivity index (χ4n) is 2.33. The van der Waals surface area contributed by atoms with Crippen LogP contribution < -0.4 is 10.9 Å². The average molecular weight is 402 g/mol. The van der Waals surface area contributed by atoms with Crippen LogP contribution in [0, 0.1) is 6.92 Å². The van der Waals surface area contributed by atoms with Crippen molar-refractivity contribution < 1.29 is 4.79 Å². The summed E-state index contributed by atoms with van der Waals surface area (Å²) in [5, 5.41) is 11.2. The van der Waals surface area contributed by atoms with E-state index in [4.69, 9.17) is 0 Å². The van der Waals surface area contributed by atoms with Crippen molar-refractivity contribution >= 4 is 27.5 Å². The molecule has 0 spiro atoms. The van der Waals surface area contributed by atoms with Gasteiger partial charge < -0.3 is 5.32 Å². The van der Waals surface area contributed by atoms with Gasteiger partial charge in [0, 0.05) is 28.6 Å². The van der Waals surface area contributed by atoms with Crippen LogP contribution in [0.1, 0.15) is 18.5 Å². The van der Waals surface area contributed by atoms with E-state index < -0.39 is 6.04 Å². The monoisotopic (exact) mass is 401 g/mol. The van der Waals surface area contributed by atoms with Gasteiger partial charge in [-0.25, -0.2) is 9.36 Å². The molecule has 0 aliphatic carbocycles. The van der Waals surface area contributed by atoms with E-state index in [-0.39, 0.29) is 11.5 Å². The number of halogens is 1. The number of carbonyl (C=O) groups is 1. The van der Waals surface area contributed by atoms with Crippen LogP contribution >= 0.6 is 15.9 Å². The maximum absolute atomic E-state index is 12.6. The minimum absolute atomic E-state index is 0.322. The molecule has 0 aliphatic heterocycles. The third kappa shape index (κ3) is 3.69. The Bertz CT molecular complexity index is 965. The molecule has 3 rings (SSSR count). The van der Waals surface area contributed by atoms with Crippen LogP contribution in [0.15, 0.2) is 58.1 Å². The van der Waals surface area contributed by atoms with Gasteiger partial charge in [-0.2, -0.15) is 5.10 Å². The molecule has 2 heterocycles. The van der Waals surface area contributed by atoms with E-state index >= 15 is 0 Å². The predicted octanol–water partition coefficient (Wildman–Crippen LogP) is 2.70. The number of nitrogens with one attached hydrogen (secondary N) is 1. The van der Waals surface area contributed by atoms with Crippen LogP contribution in [0.3, 0.4) is 0 Å². The fraction of sp³-hybridized carbons (Fsp3) is 0.176. The molecule has 25 heavy (non-hydrogen) atoms. The minimum atomic E-state index is -0.772. The number of rotatable bonds is 4. The lowest BCUT2D eigenvalue weighted by Crippen LogP contribution is -2.33. The van der Waals surface area contributed by atoms with Gasteiger partial charge in [-0.05, 0) is 49.7 Å². The molecule has 0 saturated carbocycles. The zero-order valence-electron chi connectivity index (χ0n) is 13.7. The summed E-state index contributed by atoms with van der Waals surface area (Å²) in [6.07, 6.45) is 3.33. The molecule has 1 unspecified atom stereocenters. The summed E-state index contributed by atoms with van der Waals surface area (Å²) in [7, 11) is 0. The third-order valence-corrected chi connectivity index (χ3v) is 4.24. The summed E-state index contributed by atoms with van der Waals surface area (Å²) in [6, 6.07) is 9.47. The molecule has 128 valence electrons. The Balaban J connectivity index is 1.87. The Morgan fingerprint density at radius 3 is 2.76 bits per heavy atom. The van der Waals surface area contributed by atoms with Gasteiger partial charge in [0.05, 0.1) is 0 Å². The maximum Gasteiger partial charge on any atom is 0.267 e.